The number of carbonyl (C=O) groups is 2. The van der Waals surface area contributed by atoms with Gasteiger partial charge in [-0.05, 0) is 37.0 Å². The third-order valence-corrected chi connectivity index (χ3v) is 3.91. The number of pyridine rings is 1. The summed E-state index contributed by atoms with van der Waals surface area (Å²) < 4.78 is 0. The molecule has 3 rings (SSSR count). The Morgan fingerprint density at radius 1 is 1.35 bits per heavy atom. The van der Waals surface area contributed by atoms with Gasteiger partial charge in [-0.15, -0.1) is 0 Å². The largest absolute Gasteiger partial charge is 0.334 e. The zero-order valence-corrected chi connectivity index (χ0v) is 11.5. The SMILES string of the molecule is O=C1CCCN1CC(=O)N(Cc1ccncc1)C1CC1. The molecule has 5 heteroatoms. The molecule has 2 aliphatic rings. The van der Waals surface area contributed by atoms with Crippen molar-refractivity contribution in [3.8, 4) is 0 Å². The minimum absolute atomic E-state index is 0.0690. The fourth-order valence-corrected chi connectivity index (χ4v) is 2.62. The number of rotatable bonds is 5. The second-order valence-corrected chi connectivity index (χ2v) is 5.53. The van der Waals surface area contributed by atoms with Crippen molar-refractivity contribution in [3.63, 3.8) is 0 Å². The lowest BCUT2D eigenvalue weighted by atomic mass is 10.2. The molecule has 2 fully saturated rings. The second kappa shape index (κ2) is 5.61. The van der Waals surface area contributed by atoms with E-state index in [0.29, 0.717) is 19.0 Å². The maximum absolute atomic E-state index is 12.4. The van der Waals surface area contributed by atoms with Gasteiger partial charge in [-0.3, -0.25) is 14.6 Å². The molecule has 0 radical (unpaired) electrons. The Morgan fingerprint density at radius 3 is 2.70 bits per heavy atom. The van der Waals surface area contributed by atoms with E-state index in [0.717, 1.165) is 31.4 Å². The number of hydrogen-bond donors (Lipinski definition) is 0. The van der Waals surface area contributed by atoms with Crippen molar-refractivity contribution >= 4 is 11.8 Å². The Morgan fingerprint density at radius 2 is 2.10 bits per heavy atom. The number of hydrogen-bond acceptors (Lipinski definition) is 3. The number of aromatic nitrogens is 1. The Bertz CT molecular complexity index is 499. The molecule has 0 spiro atoms. The summed E-state index contributed by atoms with van der Waals surface area (Å²) in [5, 5.41) is 0. The summed E-state index contributed by atoms with van der Waals surface area (Å²) in [4.78, 5) is 31.7. The molecule has 5 nitrogen and oxygen atoms in total. The van der Waals surface area contributed by atoms with E-state index in [2.05, 4.69) is 4.98 Å². The molecule has 0 bridgehead atoms. The van der Waals surface area contributed by atoms with Crippen molar-refractivity contribution in [2.24, 2.45) is 0 Å². The molecule has 0 atom stereocenters. The third-order valence-electron chi connectivity index (χ3n) is 3.91. The molecule has 0 aromatic carbocycles. The first kappa shape index (κ1) is 13.1. The van der Waals surface area contributed by atoms with Crippen LogP contribution in [0.1, 0.15) is 31.2 Å². The standard InChI is InChI=1S/C15H19N3O2/c19-14-2-1-9-17(14)11-15(20)18(13-3-4-13)10-12-5-7-16-8-6-12/h5-8,13H,1-4,9-11H2. The van der Waals surface area contributed by atoms with Gasteiger partial charge < -0.3 is 9.80 Å². The van der Waals surface area contributed by atoms with Gasteiger partial charge in [0.15, 0.2) is 0 Å². The zero-order chi connectivity index (χ0) is 13.9. The molecular formula is C15H19N3O2. The molecule has 1 saturated carbocycles. The molecule has 106 valence electrons. The van der Waals surface area contributed by atoms with Gasteiger partial charge in [0, 0.05) is 37.9 Å². The lowest BCUT2D eigenvalue weighted by molar-refractivity contribution is -0.139. The summed E-state index contributed by atoms with van der Waals surface area (Å²) in [6, 6.07) is 4.22. The van der Waals surface area contributed by atoms with Gasteiger partial charge in [0.25, 0.3) is 0 Å². The minimum atomic E-state index is 0.0690. The first-order valence-electron chi connectivity index (χ1n) is 7.20. The summed E-state index contributed by atoms with van der Waals surface area (Å²) in [7, 11) is 0. The van der Waals surface area contributed by atoms with Crippen LogP contribution in [0, 0.1) is 0 Å². The van der Waals surface area contributed by atoms with Gasteiger partial charge in [0.05, 0.1) is 6.54 Å². The number of amides is 2. The molecule has 0 N–H and O–H groups in total. The zero-order valence-electron chi connectivity index (χ0n) is 11.5. The van der Waals surface area contributed by atoms with Gasteiger partial charge in [-0.1, -0.05) is 0 Å². The number of nitrogens with zero attached hydrogens (tertiary/aromatic N) is 3. The van der Waals surface area contributed by atoms with Crippen LogP contribution in [-0.2, 0) is 16.1 Å². The van der Waals surface area contributed by atoms with Crippen LogP contribution in [0.2, 0.25) is 0 Å². The summed E-state index contributed by atoms with van der Waals surface area (Å²) in [6.07, 6.45) is 7.10. The van der Waals surface area contributed by atoms with E-state index in [1.54, 1.807) is 17.3 Å². The van der Waals surface area contributed by atoms with E-state index in [4.69, 9.17) is 0 Å². The molecule has 1 aromatic heterocycles. The molecule has 1 aromatic rings. The van der Waals surface area contributed by atoms with Crippen molar-refractivity contribution in [3.05, 3.63) is 30.1 Å². The van der Waals surface area contributed by atoms with Crippen molar-refractivity contribution in [1.29, 1.82) is 0 Å². The highest BCUT2D eigenvalue weighted by Gasteiger charge is 2.34. The summed E-state index contributed by atoms with van der Waals surface area (Å²) in [6.45, 7) is 1.58. The first-order valence-corrected chi connectivity index (χ1v) is 7.20. The molecule has 1 saturated heterocycles. The van der Waals surface area contributed by atoms with Crippen LogP contribution in [0.25, 0.3) is 0 Å². The fraction of sp³-hybridized carbons (Fsp3) is 0.533. The number of carbonyl (C=O) groups excluding carboxylic acids is 2. The lowest BCUT2D eigenvalue weighted by Crippen LogP contribution is -2.41. The van der Waals surface area contributed by atoms with Crippen molar-refractivity contribution in [2.45, 2.75) is 38.3 Å². The average molecular weight is 273 g/mol. The van der Waals surface area contributed by atoms with Gasteiger partial charge in [0.1, 0.15) is 0 Å². The Hall–Kier alpha value is -1.91. The summed E-state index contributed by atoms with van der Waals surface area (Å²) in [5.41, 5.74) is 1.09. The minimum Gasteiger partial charge on any atom is -0.334 e. The highest BCUT2D eigenvalue weighted by atomic mass is 16.2. The lowest BCUT2D eigenvalue weighted by Gasteiger charge is -2.25. The predicted octanol–water partition coefficient (Wildman–Crippen LogP) is 1.19. The fourth-order valence-electron chi connectivity index (χ4n) is 2.62. The van der Waals surface area contributed by atoms with Crippen LogP contribution in [0.4, 0.5) is 0 Å². The van der Waals surface area contributed by atoms with E-state index >= 15 is 0 Å². The van der Waals surface area contributed by atoms with Crippen LogP contribution in [-0.4, -0.2) is 45.7 Å². The van der Waals surface area contributed by atoms with E-state index in [9.17, 15) is 9.59 Å². The molecule has 2 heterocycles. The molecule has 1 aliphatic heterocycles. The monoisotopic (exact) mass is 273 g/mol. The van der Waals surface area contributed by atoms with Crippen LogP contribution in [0.15, 0.2) is 24.5 Å². The quantitative estimate of drug-likeness (QED) is 0.810. The van der Waals surface area contributed by atoms with E-state index < -0.39 is 0 Å². The normalized spacial score (nSPS) is 18.4. The van der Waals surface area contributed by atoms with Gasteiger partial charge in [-0.25, -0.2) is 0 Å². The van der Waals surface area contributed by atoms with Crippen LogP contribution < -0.4 is 0 Å². The topological polar surface area (TPSA) is 53.5 Å². The maximum atomic E-state index is 12.4. The molecule has 0 unspecified atom stereocenters. The van der Waals surface area contributed by atoms with Crippen molar-refractivity contribution in [1.82, 2.24) is 14.8 Å². The summed E-state index contributed by atoms with van der Waals surface area (Å²) in [5.74, 6) is 0.178. The predicted molar refractivity (Wildman–Crippen MR) is 73.6 cm³/mol. The van der Waals surface area contributed by atoms with Crippen LogP contribution in [0.5, 0.6) is 0 Å². The highest BCUT2D eigenvalue weighted by molar-refractivity contribution is 5.86. The van der Waals surface area contributed by atoms with Crippen molar-refractivity contribution in [2.75, 3.05) is 13.1 Å². The molecular weight excluding hydrogens is 254 g/mol. The van der Waals surface area contributed by atoms with Crippen LogP contribution in [0.3, 0.4) is 0 Å². The Kier molecular flexibility index (Phi) is 3.67. The molecule has 1 aliphatic carbocycles. The van der Waals surface area contributed by atoms with E-state index in [-0.39, 0.29) is 18.4 Å². The van der Waals surface area contributed by atoms with Gasteiger partial charge in [-0.2, -0.15) is 0 Å². The maximum Gasteiger partial charge on any atom is 0.242 e. The molecule has 20 heavy (non-hydrogen) atoms. The average Bonchev–Trinajstić information content (AvgIpc) is 3.22. The van der Waals surface area contributed by atoms with E-state index in [1.807, 2.05) is 17.0 Å². The number of likely N-dealkylation sites (tertiary alicyclic amines) is 1. The highest BCUT2D eigenvalue weighted by Crippen LogP contribution is 2.28. The van der Waals surface area contributed by atoms with Crippen LogP contribution >= 0.6 is 0 Å². The summed E-state index contributed by atoms with van der Waals surface area (Å²) >= 11 is 0. The third kappa shape index (κ3) is 2.98. The Balaban J connectivity index is 1.64. The second-order valence-electron chi connectivity index (χ2n) is 5.53. The van der Waals surface area contributed by atoms with Gasteiger partial charge >= 0.3 is 0 Å². The smallest absolute Gasteiger partial charge is 0.242 e. The van der Waals surface area contributed by atoms with Gasteiger partial charge in [0.2, 0.25) is 11.8 Å². The molecule has 2 amide bonds. The van der Waals surface area contributed by atoms with Crippen molar-refractivity contribution < 1.29 is 9.59 Å². The first-order chi connectivity index (χ1) is 9.74. The Labute approximate surface area is 118 Å². The van der Waals surface area contributed by atoms with E-state index in [1.165, 1.54) is 0 Å².